The molecule has 0 saturated heterocycles. The van der Waals surface area contributed by atoms with Crippen molar-refractivity contribution in [2.45, 2.75) is 6.92 Å². The third-order valence-electron chi connectivity index (χ3n) is 2.88. The molecular weight excluding hydrogens is 321 g/mol. The van der Waals surface area contributed by atoms with Crippen LogP contribution in [0.15, 0.2) is 47.6 Å². The molecule has 2 rings (SSSR count). The second-order valence-electron chi connectivity index (χ2n) is 4.66. The monoisotopic (exact) mass is 335 g/mol. The van der Waals surface area contributed by atoms with Gasteiger partial charge in [-0.25, -0.2) is 5.43 Å². The Morgan fingerprint density at radius 1 is 1.18 bits per heavy atom. The molecule has 0 fully saturated rings. The van der Waals surface area contributed by atoms with E-state index in [1.54, 1.807) is 18.2 Å². The zero-order valence-corrected chi connectivity index (χ0v) is 13.4. The highest BCUT2D eigenvalue weighted by atomic mass is 35.5. The van der Waals surface area contributed by atoms with Crippen molar-refractivity contribution in [3.05, 3.63) is 63.6 Å². The van der Waals surface area contributed by atoms with Gasteiger partial charge in [-0.1, -0.05) is 53.0 Å². The second-order valence-corrected chi connectivity index (χ2v) is 5.44. The first-order chi connectivity index (χ1) is 10.6. The van der Waals surface area contributed by atoms with Crippen molar-refractivity contribution < 1.29 is 4.79 Å². The maximum atomic E-state index is 11.7. The van der Waals surface area contributed by atoms with Gasteiger partial charge in [0.2, 0.25) is 0 Å². The minimum atomic E-state index is -0.255. The standard InChI is InChI=1S/C16H15Cl2N3O/c1-11-5-7-13(8-6-11)19-10-15(22)21-20-9-12-3-2-4-14(17)16(12)18/h2-9,19H,10H2,1H3,(H,21,22). The first-order valence-corrected chi connectivity index (χ1v) is 7.38. The lowest BCUT2D eigenvalue weighted by Gasteiger charge is -2.05. The molecule has 0 unspecified atom stereocenters. The number of benzene rings is 2. The van der Waals surface area contributed by atoms with Crippen LogP contribution in [0.1, 0.15) is 11.1 Å². The number of hydrogen-bond acceptors (Lipinski definition) is 3. The fraction of sp³-hybridized carbons (Fsp3) is 0.125. The number of nitrogens with one attached hydrogen (secondary N) is 2. The zero-order chi connectivity index (χ0) is 15.9. The summed E-state index contributed by atoms with van der Waals surface area (Å²) in [4.78, 5) is 11.7. The van der Waals surface area contributed by atoms with Crippen molar-refractivity contribution in [3.8, 4) is 0 Å². The van der Waals surface area contributed by atoms with Crippen molar-refractivity contribution in [2.24, 2.45) is 5.10 Å². The summed E-state index contributed by atoms with van der Waals surface area (Å²) in [7, 11) is 0. The van der Waals surface area contributed by atoms with Crippen molar-refractivity contribution in [1.82, 2.24) is 5.43 Å². The Morgan fingerprint density at radius 2 is 1.91 bits per heavy atom. The van der Waals surface area contributed by atoms with Crippen molar-refractivity contribution in [1.29, 1.82) is 0 Å². The lowest BCUT2D eigenvalue weighted by atomic mass is 10.2. The van der Waals surface area contributed by atoms with Gasteiger partial charge in [0.25, 0.3) is 5.91 Å². The highest BCUT2D eigenvalue weighted by Gasteiger charge is 2.02. The van der Waals surface area contributed by atoms with Crippen LogP contribution in [-0.4, -0.2) is 18.7 Å². The first-order valence-electron chi connectivity index (χ1n) is 6.63. The fourth-order valence-corrected chi connectivity index (χ4v) is 2.04. The molecule has 2 aromatic rings. The number of anilines is 1. The number of hydrazone groups is 1. The number of amides is 1. The first kappa shape index (κ1) is 16.3. The number of aryl methyl sites for hydroxylation is 1. The molecule has 0 atom stereocenters. The average Bonchev–Trinajstić information content (AvgIpc) is 2.51. The van der Waals surface area contributed by atoms with E-state index in [0.29, 0.717) is 15.6 Å². The Labute approximate surface area is 139 Å². The van der Waals surface area contributed by atoms with Crippen molar-refractivity contribution in [2.75, 3.05) is 11.9 Å². The van der Waals surface area contributed by atoms with E-state index in [2.05, 4.69) is 15.8 Å². The van der Waals surface area contributed by atoms with Gasteiger partial charge in [0.05, 0.1) is 22.8 Å². The van der Waals surface area contributed by atoms with Gasteiger partial charge >= 0.3 is 0 Å². The molecule has 0 aliphatic carbocycles. The third kappa shape index (κ3) is 4.76. The van der Waals surface area contributed by atoms with Crippen LogP contribution >= 0.6 is 23.2 Å². The normalized spacial score (nSPS) is 10.7. The summed E-state index contributed by atoms with van der Waals surface area (Å²) in [6.45, 7) is 2.13. The topological polar surface area (TPSA) is 53.5 Å². The minimum Gasteiger partial charge on any atom is -0.376 e. The van der Waals surface area contributed by atoms with Crippen LogP contribution in [0.3, 0.4) is 0 Å². The minimum absolute atomic E-state index is 0.129. The number of carbonyl (C=O) groups is 1. The average molecular weight is 336 g/mol. The van der Waals surface area contributed by atoms with E-state index in [-0.39, 0.29) is 12.5 Å². The van der Waals surface area contributed by atoms with Crippen LogP contribution < -0.4 is 10.7 Å². The smallest absolute Gasteiger partial charge is 0.259 e. The quantitative estimate of drug-likeness (QED) is 0.643. The Balaban J connectivity index is 1.83. The molecule has 0 spiro atoms. The molecule has 2 aromatic carbocycles. The molecule has 0 aromatic heterocycles. The molecule has 1 amide bonds. The molecule has 0 aliphatic rings. The van der Waals surface area contributed by atoms with Crippen molar-refractivity contribution in [3.63, 3.8) is 0 Å². The van der Waals surface area contributed by atoms with E-state index in [0.717, 1.165) is 11.3 Å². The van der Waals surface area contributed by atoms with E-state index < -0.39 is 0 Å². The molecule has 4 nitrogen and oxygen atoms in total. The molecule has 22 heavy (non-hydrogen) atoms. The van der Waals surface area contributed by atoms with E-state index in [4.69, 9.17) is 23.2 Å². The summed E-state index contributed by atoms with van der Waals surface area (Å²) < 4.78 is 0. The molecule has 0 saturated carbocycles. The number of rotatable bonds is 5. The summed E-state index contributed by atoms with van der Waals surface area (Å²) in [5.74, 6) is -0.255. The van der Waals surface area contributed by atoms with Gasteiger partial charge in [-0.3, -0.25) is 4.79 Å². The predicted octanol–water partition coefficient (Wildman–Crippen LogP) is 3.86. The second kappa shape index (κ2) is 7.82. The number of halogens is 2. The lowest BCUT2D eigenvalue weighted by Crippen LogP contribution is -2.25. The molecule has 114 valence electrons. The Morgan fingerprint density at radius 3 is 2.64 bits per heavy atom. The molecule has 0 aliphatic heterocycles. The van der Waals surface area contributed by atoms with E-state index in [9.17, 15) is 4.79 Å². The van der Waals surface area contributed by atoms with E-state index in [1.807, 2.05) is 31.2 Å². The van der Waals surface area contributed by atoms with Crippen LogP contribution in [0.2, 0.25) is 10.0 Å². The molecule has 2 N–H and O–H groups in total. The maximum Gasteiger partial charge on any atom is 0.259 e. The van der Waals surface area contributed by atoms with Gasteiger partial charge in [-0.05, 0) is 25.1 Å². The Bertz CT molecular complexity index is 684. The van der Waals surface area contributed by atoms with Gasteiger partial charge in [0.1, 0.15) is 0 Å². The van der Waals surface area contributed by atoms with E-state index >= 15 is 0 Å². The number of hydrogen-bond donors (Lipinski definition) is 2. The van der Waals surface area contributed by atoms with Gasteiger partial charge in [-0.15, -0.1) is 0 Å². The van der Waals surface area contributed by atoms with Gasteiger partial charge < -0.3 is 5.32 Å². The fourth-order valence-electron chi connectivity index (χ4n) is 1.69. The zero-order valence-electron chi connectivity index (χ0n) is 11.9. The largest absolute Gasteiger partial charge is 0.376 e. The van der Waals surface area contributed by atoms with Crippen LogP contribution in [-0.2, 0) is 4.79 Å². The summed E-state index contributed by atoms with van der Waals surface area (Å²) in [6, 6.07) is 13.0. The number of carbonyl (C=O) groups excluding carboxylic acids is 1. The van der Waals surface area contributed by atoms with Crippen LogP contribution in [0.25, 0.3) is 0 Å². The molecule has 0 bridgehead atoms. The lowest BCUT2D eigenvalue weighted by molar-refractivity contribution is -0.119. The van der Waals surface area contributed by atoms with Crippen LogP contribution in [0, 0.1) is 6.92 Å². The van der Waals surface area contributed by atoms with Crippen LogP contribution in [0.4, 0.5) is 5.69 Å². The predicted molar refractivity (Wildman–Crippen MR) is 91.9 cm³/mol. The molecule has 6 heteroatoms. The Hall–Kier alpha value is -2.04. The van der Waals surface area contributed by atoms with E-state index in [1.165, 1.54) is 6.21 Å². The van der Waals surface area contributed by atoms with Crippen molar-refractivity contribution >= 4 is 41.0 Å². The highest BCUT2D eigenvalue weighted by molar-refractivity contribution is 6.43. The SMILES string of the molecule is Cc1ccc(NCC(=O)NN=Cc2cccc(Cl)c2Cl)cc1. The van der Waals surface area contributed by atoms with Crippen LogP contribution in [0.5, 0.6) is 0 Å². The van der Waals surface area contributed by atoms with Gasteiger partial charge in [0, 0.05) is 11.3 Å². The van der Waals surface area contributed by atoms with Gasteiger partial charge in [0.15, 0.2) is 0 Å². The molecular formula is C16H15Cl2N3O. The summed E-state index contributed by atoms with van der Waals surface area (Å²) in [6.07, 6.45) is 1.46. The maximum absolute atomic E-state index is 11.7. The summed E-state index contributed by atoms with van der Waals surface area (Å²) in [5.41, 5.74) is 5.11. The summed E-state index contributed by atoms with van der Waals surface area (Å²) in [5, 5.41) is 7.72. The third-order valence-corrected chi connectivity index (χ3v) is 3.71. The van der Waals surface area contributed by atoms with Gasteiger partial charge in [-0.2, -0.15) is 5.10 Å². The number of nitrogens with zero attached hydrogens (tertiary/aromatic N) is 1. The Kier molecular flexibility index (Phi) is 5.81. The molecule has 0 heterocycles. The molecule has 0 radical (unpaired) electrons. The summed E-state index contributed by atoms with van der Waals surface area (Å²) >= 11 is 11.9. The highest BCUT2D eigenvalue weighted by Crippen LogP contribution is 2.24.